The molecule has 0 atom stereocenters. The fourth-order valence-corrected chi connectivity index (χ4v) is 1.42. The van der Waals surface area contributed by atoms with Crippen LogP contribution in [-0.2, 0) is 9.59 Å². The van der Waals surface area contributed by atoms with Crippen LogP contribution in [0.25, 0.3) is 0 Å². The maximum absolute atomic E-state index is 11.6. The van der Waals surface area contributed by atoms with E-state index in [2.05, 4.69) is 0 Å². The number of carboxylic acid groups (broad SMARTS) is 1. The molecule has 0 bridgehead atoms. The summed E-state index contributed by atoms with van der Waals surface area (Å²) in [5, 5.41) is 17.5. The Labute approximate surface area is 104 Å². The molecule has 0 saturated heterocycles. The highest BCUT2D eigenvalue weighted by atomic mass is 16.4. The monoisotopic (exact) mass is 250 g/mol. The molecule has 5 nitrogen and oxygen atoms in total. The molecule has 0 radical (unpaired) electrons. The van der Waals surface area contributed by atoms with Crippen LogP contribution in [0.1, 0.15) is 36.0 Å². The van der Waals surface area contributed by atoms with Crippen molar-refractivity contribution in [2.75, 3.05) is 0 Å². The molecule has 96 valence electrons. The van der Waals surface area contributed by atoms with Gasteiger partial charge in [-0.25, -0.2) is 0 Å². The van der Waals surface area contributed by atoms with Crippen LogP contribution in [0.4, 0.5) is 0 Å². The Morgan fingerprint density at radius 3 is 2.00 bits per heavy atom. The second kappa shape index (κ2) is 6.54. The van der Waals surface area contributed by atoms with Gasteiger partial charge in [-0.2, -0.15) is 0 Å². The lowest BCUT2D eigenvalue weighted by Crippen LogP contribution is -2.06. The van der Waals surface area contributed by atoms with E-state index in [9.17, 15) is 14.4 Å². The molecule has 0 saturated carbocycles. The molecule has 0 aromatic heterocycles. The molecule has 0 aliphatic carbocycles. The first kappa shape index (κ1) is 13.9. The number of hydrogen-bond acceptors (Lipinski definition) is 4. The summed E-state index contributed by atoms with van der Waals surface area (Å²) >= 11 is 0. The van der Waals surface area contributed by atoms with Crippen molar-refractivity contribution in [3.8, 4) is 5.75 Å². The first-order chi connectivity index (χ1) is 8.49. The maximum atomic E-state index is 11.6. The van der Waals surface area contributed by atoms with Gasteiger partial charge < -0.3 is 10.2 Å². The lowest BCUT2D eigenvalue weighted by molar-refractivity contribution is -0.138. The molecular formula is C13H14O5. The molecule has 0 fully saturated rings. The summed E-state index contributed by atoms with van der Waals surface area (Å²) in [4.78, 5) is 33.2. The van der Waals surface area contributed by atoms with Crippen molar-refractivity contribution in [3.63, 3.8) is 0 Å². The molecule has 1 aromatic rings. The number of benzene rings is 1. The number of phenols is 1. The summed E-state index contributed by atoms with van der Waals surface area (Å²) in [6, 6.07) is 5.78. The summed E-state index contributed by atoms with van der Waals surface area (Å²) < 4.78 is 0. The first-order valence-electron chi connectivity index (χ1n) is 5.55. The average molecular weight is 250 g/mol. The van der Waals surface area contributed by atoms with Crippen molar-refractivity contribution in [2.45, 2.75) is 25.7 Å². The van der Waals surface area contributed by atoms with E-state index in [1.807, 2.05) is 0 Å². The third kappa shape index (κ3) is 4.78. The van der Waals surface area contributed by atoms with Gasteiger partial charge in [0.1, 0.15) is 11.5 Å². The summed E-state index contributed by atoms with van der Waals surface area (Å²) in [5.41, 5.74) is 0.429. The van der Waals surface area contributed by atoms with E-state index in [4.69, 9.17) is 10.2 Å². The van der Waals surface area contributed by atoms with Gasteiger partial charge in [0.05, 0.1) is 6.42 Å². The third-order valence-electron chi connectivity index (χ3n) is 2.44. The second-order valence-corrected chi connectivity index (χ2v) is 3.90. The van der Waals surface area contributed by atoms with Gasteiger partial charge in [-0.1, -0.05) is 0 Å². The van der Waals surface area contributed by atoms with Crippen molar-refractivity contribution in [1.29, 1.82) is 0 Å². The van der Waals surface area contributed by atoms with Gasteiger partial charge in [0.25, 0.3) is 0 Å². The molecule has 0 heterocycles. The third-order valence-corrected chi connectivity index (χ3v) is 2.44. The molecule has 0 unspecified atom stereocenters. The predicted octanol–water partition coefficient (Wildman–Crippen LogP) is 1.79. The van der Waals surface area contributed by atoms with Crippen molar-refractivity contribution in [2.24, 2.45) is 0 Å². The second-order valence-electron chi connectivity index (χ2n) is 3.90. The van der Waals surface area contributed by atoms with Crippen molar-refractivity contribution in [1.82, 2.24) is 0 Å². The average Bonchev–Trinajstić information content (AvgIpc) is 2.34. The lowest BCUT2D eigenvalue weighted by atomic mass is 10.0. The summed E-state index contributed by atoms with van der Waals surface area (Å²) in [6.07, 6.45) is -0.138. The molecule has 2 N–H and O–H groups in total. The molecule has 0 amide bonds. The molecule has 0 aliphatic rings. The number of carboxylic acids is 1. The highest BCUT2D eigenvalue weighted by molar-refractivity contribution is 5.98. The number of phenolic OH excluding ortho intramolecular Hbond substituents is 1. The van der Waals surface area contributed by atoms with E-state index >= 15 is 0 Å². The molecular weight excluding hydrogens is 236 g/mol. The zero-order chi connectivity index (χ0) is 13.5. The van der Waals surface area contributed by atoms with Crippen LogP contribution in [0, 0.1) is 0 Å². The lowest BCUT2D eigenvalue weighted by Gasteiger charge is -2.01. The number of ketones is 2. The summed E-state index contributed by atoms with van der Waals surface area (Å²) in [5.74, 6) is -1.37. The minimum absolute atomic E-state index is 0.0435. The molecule has 1 rings (SSSR count). The predicted molar refractivity (Wildman–Crippen MR) is 63.5 cm³/mol. The number of carbonyl (C=O) groups is 3. The van der Waals surface area contributed by atoms with Crippen LogP contribution >= 0.6 is 0 Å². The van der Waals surface area contributed by atoms with Gasteiger partial charge in [-0.3, -0.25) is 14.4 Å². The van der Waals surface area contributed by atoms with E-state index in [-0.39, 0.29) is 43.0 Å². The van der Waals surface area contributed by atoms with Crippen LogP contribution in [0.3, 0.4) is 0 Å². The summed E-state index contributed by atoms with van der Waals surface area (Å²) in [7, 11) is 0. The van der Waals surface area contributed by atoms with Crippen LogP contribution in [0.15, 0.2) is 24.3 Å². The van der Waals surface area contributed by atoms with Gasteiger partial charge in [-0.05, 0) is 24.3 Å². The molecule has 5 heteroatoms. The topological polar surface area (TPSA) is 91.7 Å². The molecule has 18 heavy (non-hydrogen) atoms. The van der Waals surface area contributed by atoms with Crippen molar-refractivity contribution >= 4 is 17.5 Å². The van der Waals surface area contributed by atoms with Gasteiger partial charge in [-0.15, -0.1) is 0 Å². The van der Waals surface area contributed by atoms with Crippen LogP contribution in [-0.4, -0.2) is 27.7 Å². The smallest absolute Gasteiger partial charge is 0.303 e. The number of carbonyl (C=O) groups excluding carboxylic acids is 2. The van der Waals surface area contributed by atoms with Crippen molar-refractivity contribution in [3.05, 3.63) is 29.8 Å². The highest BCUT2D eigenvalue weighted by Crippen LogP contribution is 2.12. The van der Waals surface area contributed by atoms with Crippen LogP contribution in [0.5, 0.6) is 5.75 Å². The standard InChI is InChI=1S/C13H14O5/c14-10-3-1-9(2-4-10)12(16)7-5-11(15)6-8-13(17)18/h1-4,14H,5-8H2,(H,17,18). The number of Topliss-reactive ketones (excluding diaryl/α,β-unsaturated/α-hetero) is 2. The highest BCUT2D eigenvalue weighted by Gasteiger charge is 2.10. The Morgan fingerprint density at radius 2 is 1.44 bits per heavy atom. The van der Waals surface area contributed by atoms with Gasteiger partial charge in [0.15, 0.2) is 5.78 Å². The van der Waals surface area contributed by atoms with E-state index in [1.54, 1.807) is 0 Å². The number of aromatic hydroxyl groups is 1. The Kier molecular flexibility index (Phi) is 5.05. The van der Waals surface area contributed by atoms with Crippen LogP contribution < -0.4 is 0 Å². The van der Waals surface area contributed by atoms with Gasteiger partial charge >= 0.3 is 5.97 Å². The maximum Gasteiger partial charge on any atom is 0.303 e. The largest absolute Gasteiger partial charge is 0.508 e. The number of hydrogen-bond donors (Lipinski definition) is 2. The minimum Gasteiger partial charge on any atom is -0.508 e. The van der Waals surface area contributed by atoms with E-state index in [1.165, 1.54) is 24.3 Å². The Bertz CT molecular complexity index is 447. The van der Waals surface area contributed by atoms with Gasteiger partial charge in [0.2, 0.25) is 0 Å². The molecule has 0 spiro atoms. The van der Waals surface area contributed by atoms with E-state index < -0.39 is 5.97 Å². The zero-order valence-corrected chi connectivity index (χ0v) is 9.76. The molecule has 1 aromatic carbocycles. The fraction of sp³-hybridized carbons (Fsp3) is 0.308. The van der Waals surface area contributed by atoms with E-state index in [0.717, 1.165) is 0 Å². The quantitative estimate of drug-likeness (QED) is 0.720. The molecule has 0 aliphatic heterocycles. The zero-order valence-electron chi connectivity index (χ0n) is 9.76. The minimum atomic E-state index is -1.02. The Balaban J connectivity index is 2.39. The SMILES string of the molecule is O=C(O)CCC(=O)CCC(=O)c1ccc(O)cc1. The van der Waals surface area contributed by atoms with Crippen LogP contribution in [0.2, 0.25) is 0 Å². The first-order valence-corrected chi connectivity index (χ1v) is 5.55. The number of rotatable bonds is 7. The number of aliphatic carboxylic acids is 1. The normalized spacial score (nSPS) is 10.0. The van der Waals surface area contributed by atoms with Gasteiger partial charge in [0, 0.05) is 24.8 Å². The van der Waals surface area contributed by atoms with E-state index in [0.29, 0.717) is 5.56 Å². The van der Waals surface area contributed by atoms with Crippen molar-refractivity contribution < 1.29 is 24.6 Å². The summed E-state index contributed by atoms with van der Waals surface area (Å²) in [6.45, 7) is 0. The Hall–Kier alpha value is -2.17. The Morgan fingerprint density at radius 1 is 0.889 bits per heavy atom. The fourth-order valence-electron chi connectivity index (χ4n) is 1.42.